The minimum Gasteiger partial charge on any atom is -0.292 e. The van der Waals surface area contributed by atoms with E-state index in [1.165, 1.54) is 5.01 Å². The Morgan fingerprint density at radius 1 is 1.33 bits per heavy atom. The highest BCUT2D eigenvalue weighted by Crippen LogP contribution is 2.23. The van der Waals surface area contributed by atoms with Crippen LogP contribution in [-0.2, 0) is 0 Å². The van der Waals surface area contributed by atoms with Gasteiger partial charge in [0.25, 0.3) is 0 Å². The molecule has 1 atom stereocenters. The second kappa shape index (κ2) is 5.48. The summed E-state index contributed by atoms with van der Waals surface area (Å²) in [6, 6.07) is 6.14. The molecule has 1 rings (SSSR count). The smallest absolute Gasteiger partial charge is 0.188 e. The fourth-order valence-corrected chi connectivity index (χ4v) is 2.00. The van der Waals surface area contributed by atoms with Crippen LogP contribution in [0.1, 0.15) is 38.1 Å². The van der Waals surface area contributed by atoms with Gasteiger partial charge in [-0.15, -0.1) is 4.91 Å². The van der Waals surface area contributed by atoms with Crippen molar-refractivity contribution in [3.05, 3.63) is 39.8 Å². The summed E-state index contributed by atoms with van der Waals surface area (Å²) in [7, 11) is 0. The van der Waals surface area contributed by atoms with Gasteiger partial charge in [-0.1, -0.05) is 23.7 Å². The highest BCUT2D eigenvalue weighted by Gasteiger charge is 2.31. The Balaban J connectivity index is 3.04. The molecule has 0 bridgehead atoms. The number of nitrogens with zero attached hydrogens (tertiary/aromatic N) is 2. The third-order valence-corrected chi connectivity index (χ3v) is 2.99. The molecular weight excluding hydrogens is 252 g/mol. The molecule has 0 aliphatic heterocycles. The average molecular weight is 269 g/mol. The maximum Gasteiger partial charge on any atom is 0.188 e. The molecule has 0 saturated carbocycles. The Labute approximate surface area is 112 Å². The summed E-state index contributed by atoms with van der Waals surface area (Å²) >= 11 is 5.98. The molecule has 5 heteroatoms. The molecule has 4 nitrogen and oxygen atoms in total. The van der Waals surface area contributed by atoms with Crippen molar-refractivity contribution < 1.29 is 4.79 Å². The van der Waals surface area contributed by atoms with Gasteiger partial charge in [0.15, 0.2) is 5.78 Å². The van der Waals surface area contributed by atoms with Crippen LogP contribution in [-0.4, -0.2) is 22.4 Å². The molecule has 98 valence electrons. The highest BCUT2D eigenvalue weighted by molar-refractivity contribution is 6.34. The first kappa shape index (κ1) is 14.6. The van der Waals surface area contributed by atoms with Gasteiger partial charge in [-0.05, 0) is 39.8 Å². The van der Waals surface area contributed by atoms with E-state index in [2.05, 4.69) is 5.29 Å². The summed E-state index contributed by atoms with van der Waals surface area (Å²) in [5.41, 5.74) is -0.109. The molecule has 0 amide bonds. The van der Waals surface area contributed by atoms with Gasteiger partial charge in [-0.3, -0.25) is 4.79 Å². The number of rotatable bonds is 4. The minimum atomic E-state index is -0.651. The molecular formula is C13H17ClN2O2. The molecule has 0 saturated heterocycles. The van der Waals surface area contributed by atoms with Crippen LogP contribution < -0.4 is 0 Å². The lowest BCUT2D eigenvalue weighted by atomic mass is 10.0. The van der Waals surface area contributed by atoms with E-state index in [9.17, 15) is 9.70 Å². The summed E-state index contributed by atoms with van der Waals surface area (Å²) in [5, 5.41) is 4.59. The van der Waals surface area contributed by atoms with Gasteiger partial charge in [0, 0.05) is 5.56 Å². The second-order valence-electron chi connectivity index (χ2n) is 5.12. The zero-order valence-corrected chi connectivity index (χ0v) is 11.7. The molecule has 18 heavy (non-hydrogen) atoms. The predicted molar refractivity (Wildman–Crippen MR) is 72.6 cm³/mol. The molecule has 0 fully saturated rings. The Kier molecular flexibility index (Phi) is 4.46. The maximum atomic E-state index is 12.3. The number of carbonyl (C=O) groups is 1. The number of hydrogen-bond acceptors (Lipinski definition) is 3. The molecule has 0 radical (unpaired) electrons. The first-order valence-electron chi connectivity index (χ1n) is 5.70. The van der Waals surface area contributed by atoms with Crippen molar-refractivity contribution in [3.8, 4) is 0 Å². The Bertz CT molecular complexity index is 455. The Morgan fingerprint density at radius 3 is 2.33 bits per heavy atom. The zero-order valence-electron chi connectivity index (χ0n) is 11.0. The van der Waals surface area contributed by atoms with Crippen LogP contribution >= 0.6 is 11.6 Å². The normalized spacial score (nSPS) is 12.9. The lowest BCUT2D eigenvalue weighted by Crippen LogP contribution is -2.46. The van der Waals surface area contributed by atoms with E-state index in [-0.39, 0.29) is 5.78 Å². The summed E-state index contributed by atoms with van der Waals surface area (Å²) in [6.45, 7) is 7.12. The summed E-state index contributed by atoms with van der Waals surface area (Å²) < 4.78 is 0. The lowest BCUT2D eigenvalue weighted by molar-refractivity contribution is 0.0623. The van der Waals surface area contributed by atoms with Gasteiger partial charge in [0.2, 0.25) is 0 Å². The number of ketones is 1. The van der Waals surface area contributed by atoms with Crippen molar-refractivity contribution in [1.29, 1.82) is 0 Å². The SMILES string of the molecule is CC(C(=O)c1ccccc1Cl)N(N=O)C(C)(C)C. The van der Waals surface area contributed by atoms with Crippen LogP contribution in [0.5, 0.6) is 0 Å². The summed E-state index contributed by atoms with van der Waals surface area (Å²) in [6.07, 6.45) is 0. The largest absolute Gasteiger partial charge is 0.292 e. The summed E-state index contributed by atoms with van der Waals surface area (Å²) in [4.78, 5) is 23.2. The van der Waals surface area contributed by atoms with E-state index >= 15 is 0 Å². The molecule has 0 aliphatic rings. The molecule has 0 aromatic heterocycles. The summed E-state index contributed by atoms with van der Waals surface area (Å²) in [5.74, 6) is -0.213. The first-order chi connectivity index (χ1) is 8.29. The molecule has 1 aromatic carbocycles. The van der Waals surface area contributed by atoms with Crippen molar-refractivity contribution in [2.24, 2.45) is 5.29 Å². The van der Waals surface area contributed by atoms with Gasteiger partial charge in [-0.2, -0.15) is 0 Å². The van der Waals surface area contributed by atoms with Crippen LogP contribution in [0, 0.1) is 4.91 Å². The van der Waals surface area contributed by atoms with Crippen LogP contribution in [0.25, 0.3) is 0 Å². The number of nitroso groups, excluding NO2 is 1. The van der Waals surface area contributed by atoms with Gasteiger partial charge in [0.1, 0.15) is 6.04 Å². The van der Waals surface area contributed by atoms with Crippen molar-refractivity contribution in [2.75, 3.05) is 0 Å². The van der Waals surface area contributed by atoms with Gasteiger partial charge in [-0.25, -0.2) is 5.01 Å². The zero-order chi connectivity index (χ0) is 13.9. The molecule has 1 unspecified atom stereocenters. The third-order valence-electron chi connectivity index (χ3n) is 2.66. The van der Waals surface area contributed by atoms with E-state index in [1.54, 1.807) is 31.2 Å². The number of carbonyl (C=O) groups excluding carboxylic acids is 1. The van der Waals surface area contributed by atoms with Crippen LogP contribution in [0.2, 0.25) is 5.02 Å². The quantitative estimate of drug-likeness (QED) is 0.475. The van der Waals surface area contributed by atoms with Gasteiger partial charge < -0.3 is 0 Å². The third kappa shape index (κ3) is 3.07. The standard InChI is InChI=1S/C13H17ClN2O2/c1-9(16(15-18)13(2,3)4)12(17)10-7-5-6-8-11(10)14/h5-9H,1-4H3. The second-order valence-corrected chi connectivity index (χ2v) is 5.52. The molecule has 0 heterocycles. The molecule has 1 aromatic rings. The Morgan fingerprint density at radius 2 is 1.89 bits per heavy atom. The van der Waals surface area contributed by atoms with Gasteiger partial charge >= 0.3 is 0 Å². The van der Waals surface area contributed by atoms with Crippen molar-refractivity contribution in [1.82, 2.24) is 5.01 Å². The van der Waals surface area contributed by atoms with Crippen LogP contribution in [0.3, 0.4) is 0 Å². The average Bonchev–Trinajstić information content (AvgIpc) is 2.27. The highest BCUT2D eigenvalue weighted by atomic mass is 35.5. The molecule has 0 spiro atoms. The lowest BCUT2D eigenvalue weighted by Gasteiger charge is -2.34. The maximum absolute atomic E-state index is 12.3. The van der Waals surface area contributed by atoms with E-state index in [0.717, 1.165) is 0 Å². The van der Waals surface area contributed by atoms with E-state index in [1.807, 2.05) is 20.8 Å². The fraction of sp³-hybridized carbons (Fsp3) is 0.462. The monoisotopic (exact) mass is 268 g/mol. The van der Waals surface area contributed by atoms with Crippen molar-refractivity contribution in [2.45, 2.75) is 39.3 Å². The fourth-order valence-electron chi connectivity index (χ4n) is 1.77. The first-order valence-corrected chi connectivity index (χ1v) is 6.08. The Hall–Kier alpha value is -1.42. The predicted octanol–water partition coefficient (Wildman–Crippen LogP) is 3.69. The minimum absolute atomic E-state index is 0.213. The number of hydrogen-bond donors (Lipinski definition) is 0. The van der Waals surface area contributed by atoms with E-state index in [0.29, 0.717) is 10.6 Å². The number of halogens is 1. The van der Waals surface area contributed by atoms with Crippen LogP contribution in [0.15, 0.2) is 29.6 Å². The number of benzene rings is 1. The van der Waals surface area contributed by atoms with Crippen LogP contribution in [0.4, 0.5) is 0 Å². The topological polar surface area (TPSA) is 49.7 Å². The van der Waals surface area contributed by atoms with E-state index in [4.69, 9.17) is 11.6 Å². The van der Waals surface area contributed by atoms with Gasteiger partial charge in [0.05, 0.1) is 15.8 Å². The number of Topliss-reactive ketones (excluding diaryl/α,β-unsaturated/α-hetero) is 1. The van der Waals surface area contributed by atoms with Crippen molar-refractivity contribution in [3.63, 3.8) is 0 Å². The van der Waals surface area contributed by atoms with Crippen molar-refractivity contribution >= 4 is 17.4 Å². The molecule has 0 aliphatic carbocycles. The molecule has 0 N–H and O–H groups in total. The van der Waals surface area contributed by atoms with E-state index < -0.39 is 11.6 Å².